The van der Waals surface area contributed by atoms with Gasteiger partial charge in [-0.3, -0.25) is 9.59 Å². The Hall–Kier alpha value is -2.71. The van der Waals surface area contributed by atoms with Gasteiger partial charge in [0.05, 0.1) is 4.90 Å². The lowest BCUT2D eigenvalue weighted by molar-refractivity contribution is -0.133. The molecule has 2 aromatic carbocycles. The summed E-state index contributed by atoms with van der Waals surface area (Å²) in [4.78, 5) is 28.3. The fourth-order valence-electron chi connectivity index (χ4n) is 4.19. The molecule has 0 spiro atoms. The van der Waals surface area contributed by atoms with E-state index in [2.05, 4.69) is 5.32 Å². The average Bonchev–Trinajstić information content (AvgIpc) is 3.05. The molecular formula is C26H35N3O4S. The van der Waals surface area contributed by atoms with Gasteiger partial charge in [0, 0.05) is 31.7 Å². The van der Waals surface area contributed by atoms with Crippen molar-refractivity contribution in [2.24, 2.45) is 5.92 Å². The quantitative estimate of drug-likeness (QED) is 0.652. The van der Waals surface area contributed by atoms with E-state index in [0.717, 1.165) is 11.1 Å². The zero-order chi connectivity index (χ0) is 24.9. The highest BCUT2D eigenvalue weighted by molar-refractivity contribution is 7.89. The fourth-order valence-corrected chi connectivity index (χ4v) is 5.66. The van der Waals surface area contributed by atoms with Crippen LogP contribution in [0.25, 0.3) is 0 Å². The van der Waals surface area contributed by atoms with Crippen LogP contribution in [0.1, 0.15) is 48.2 Å². The topological polar surface area (TPSA) is 86.8 Å². The normalized spacial score (nSPS) is 16.2. The third kappa shape index (κ3) is 6.24. The third-order valence-electron chi connectivity index (χ3n) is 6.13. The summed E-state index contributed by atoms with van der Waals surface area (Å²) in [5, 5.41) is 2.93. The molecular weight excluding hydrogens is 450 g/mol. The first-order valence-electron chi connectivity index (χ1n) is 11.8. The molecule has 7 nitrogen and oxygen atoms in total. The number of carbonyl (C=O) groups excluding carboxylic acids is 2. The van der Waals surface area contributed by atoms with Crippen molar-refractivity contribution in [3.8, 4) is 0 Å². The maximum atomic E-state index is 13.4. The maximum absolute atomic E-state index is 13.4. The smallest absolute Gasteiger partial charge is 0.252 e. The molecule has 34 heavy (non-hydrogen) atoms. The van der Waals surface area contributed by atoms with Crippen LogP contribution in [0.4, 0.5) is 0 Å². The standard InChI is InChI=1S/C26H35N3O4S/c1-19(2)18-24(27-25(30)23-9-6-5-8-21(23)4)26(31)28-14-7-15-29(17-16-28)34(32,33)22-12-10-20(3)11-13-22/h5-6,8-13,19,24H,7,14-18H2,1-4H3,(H,27,30). The molecule has 1 aliphatic rings. The molecule has 2 aromatic rings. The van der Waals surface area contributed by atoms with Gasteiger partial charge in [0.1, 0.15) is 6.04 Å². The second-order valence-electron chi connectivity index (χ2n) is 9.37. The van der Waals surface area contributed by atoms with Gasteiger partial charge in [-0.2, -0.15) is 4.31 Å². The second-order valence-corrected chi connectivity index (χ2v) is 11.3. The van der Waals surface area contributed by atoms with Crippen LogP contribution in [-0.2, 0) is 14.8 Å². The van der Waals surface area contributed by atoms with Crippen molar-refractivity contribution < 1.29 is 18.0 Å². The van der Waals surface area contributed by atoms with Gasteiger partial charge in [-0.1, -0.05) is 49.7 Å². The van der Waals surface area contributed by atoms with Gasteiger partial charge < -0.3 is 10.2 Å². The number of rotatable bonds is 7. The lowest BCUT2D eigenvalue weighted by Crippen LogP contribution is -2.50. The van der Waals surface area contributed by atoms with Gasteiger partial charge in [-0.05, 0) is 56.4 Å². The number of aryl methyl sites for hydroxylation is 2. The second kappa shape index (κ2) is 11.1. The van der Waals surface area contributed by atoms with Gasteiger partial charge in [0.2, 0.25) is 15.9 Å². The Morgan fingerprint density at radius 2 is 1.62 bits per heavy atom. The molecule has 184 valence electrons. The SMILES string of the molecule is Cc1ccc(S(=O)(=O)N2CCCN(C(=O)C(CC(C)C)NC(=O)c3ccccc3C)CC2)cc1. The van der Waals surface area contributed by atoms with Crippen LogP contribution in [0.15, 0.2) is 53.4 Å². The lowest BCUT2D eigenvalue weighted by atomic mass is 10.0. The molecule has 1 N–H and O–H groups in total. The number of nitrogens with zero attached hydrogens (tertiary/aromatic N) is 2. The van der Waals surface area contributed by atoms with Crippen molar-refractivity contribution in [2.75, 3.05) is 26.2 Å². The largest absolute Gasteiger partial charge is 0.340 e. The summed E-state index contributed by atoms with van der Waals surface area (Å²) in [7, 11) is -3.62. The Balaban J connectivity index is 1.72. The van der Waals surface area contributed by atoms with Gasteiger partial charge in [0.25, 0.3) is 5.91 Å². The molecule has 0 radical (unpaired) electrons. The molecule has 1 unspecified atom stereocenters. The molecule has 1 fully saturated rings. The first-order chi connectivity index (χ1) is 16.1. The van der Waals surface area contributed by atoms with Crippen LogP contribution in [0, 0.1) is 19.8 Å². The number of hydrogen-bond donors (Lipinski definition) is 1. The van der Waals surface area contributed by atoms with Gasteiger partial charge in [-0.15, -0.1) is 0 Å². The molecule has 1 heterocycles. The van der Waals surface area contributed by atoms with E-state index in [1.165, 1.54) is 4.31 Å². The zero-order valence-corrected chi connectivity index (χ0v) is 21.3. The number of sulfonamides is 1. The monoisotopic (exact) mass is 485 g/mol. The third-order valence-corrected chi connectivity index (χ3v) is 8.04. The molecule has 3 rings (SSSR count). The number of benzene rings is 2. The summed E-state index contributed by atoms with van der Waals surface area (Å²) in [5.74, 6) is -0.225. The Morgan fingerprint density at radius 3 is 2.26 bits per heavy atom. The number of amides is 2. The van der Waals surface area contributed by atoms with Crippen LogP contribution in [0.2, 0.25) is 0 Å². The van der Waals surface area contributed by atoms with E-state index in [1.54, 1.807) is 41.3 Å². The van der Waals surface area contributed by atoms with Crippen LogP contribution < -0.4 is 5.32 Å². The van der Waals surface area contributed by atoms with Gasteiger partial charge in [-0.25, -0.2) is 8.42 Å². The first-order valence-corrected chi connectivity index (χ1v) is 13.3. The summed E-state index contributed by atoms with van der Waals surface area (Å²) in [6, 6.07) is 13.5. The van der Waals surface area contributed by atoms with E-state index in [-0.39, 0.29) is 29.2 Å². The zero-order valence-electron chi connectivity index (χ0n) is 20.5. The van der Waals surface area contributed by atoms with Crippen molar-refractivity contribution in [3.63, 3.8) is 0 Å². The molecule has 2 amide bonds. The fraction of sp³-hybridized carbons (Fsp3) is 0.462. The molecule has 1 aliphatic heterocycles. The molecule has 0 aliphatic carbocycles. The molecule has 1 saturated heterocycles. The molecule has 0 bridgehead atoms. The highest BCUT2D eigenvalue weighted by Crippen LogP contribution is 2.19. The van der Waals surface area contributed by atoms with Crippen molar-refractivity contribution in [1.29, 1.82) is 0 Å². The predicted molar refractivity (Wildman–Crippen MR) is 133 cm³/mol. The Kier molecular flexibility index (Phi) is 8.49. The molecule has 0 aromatic heterocycles. The van der Waals surface area contributed by atoms with Crippen LogP contribution in [0.5, 0.6) is 0 Å². The maximum Gasteiger partial charge on any atom is 0.252 e. The minimum atomic E-state index is -3.62. The van der Waals surface area contributed by atoms with E-state index in [9.17, 15) is 18.0 Å². The Bertz CT molecular complexity index is 1110. The van der Waals surface area contributed by atoms with Crippen LogP contribution >= 0.6 is 0 Å². The van der Waals surface area contributed by atoms with Gasteiger partial charge in [0.15, 0.2) is 0 Å². The average molecular weight is 486 g/mol. The minimum Gasteiger partial charge on any atom is -0.340 e. The number of hydrogen-bond acceptors (Lipinski definition) is 4. The van der Waals surface area contributed by atoms with E-state index in [0.29, 0.717) is 38.0 Å². The Morgan fingerprint density at radius 1 is 0.941 bits per heavy atom. The molecule has 1 atom stereocenters. The van der Waals surface area contributed by atoms with Crippen molar-refractivity contribution in [1.82, 2.24) is 14.5 Å². The van der Waals surface area contributed by atoms with Crippen LogP contribution in [0.3, 0.4) is 0 Å². The highest BCUT2D eigenvalue weighted by Gasteiger charge is 2.32. The van der Waals surface area contributed by atoms with Crippen molar-refractivity contribution >= 4 is 21.8 Å². The van der Waals surface area contributed by atoms with Crippen LogP contribution in [-0.4, -0.2) is 61.7 Å². The molecule has 8 heteroatoms. The number of carbonyl (C=O) groups is 2. The summed E-state index contributed by atoms with van der Waals surface area (Å²) in [6.45, 7) is 9.12. The first kappa shape index (κ1) is 25.9. The summed E-state index contributed by atoms with van der Waals surface area (Å²) < 4.78 is 27.7. The van der Waals surface area contributed by atoms with E-state index >= 15 is 0 Å². The van der Waals surface area contributed by atoms with E-state index in [1.807, 2.05) is 39.8 Å². The lowest BCUT2D eigenvalue weighted by Gasteiger charge is -2.28. The highest BCUT2D eigenvalue weighted by atomic mass is 32.2. The Labute approximate surface area is 203 Å². The van der Waals surface area contributed by atoms with E-state index < -0.39 is 16.1 Å². The minimum absolute atomic E-state index is 0.162. The van der Waals surface area contributed by atoms with Gasteiger partial charge >= 0.3 is 0 Å². The van der Waals surface area contributed by atoms with Crippen molar-refractivity contribution in [3.05, 3.63) is 65.2 Å². The summed E-state index contributed by atoms with van der Waals surface area (Å²) in [5.41, 5.74) is 2.40. The predicted octanol–water partition coefficient (Wildman–Crippen LogP) is 3.37. The summed E-state index contributed by atoms with van der Waals surface area (Å²) >= 11 is 0. The molecule has 0 saturated carbocycles. The number of nitrogens with one attached hydrogen (secondary N) is 1. The van der Waals surface area contributed by atoms with Crippen molar-refractivity contribution in [2.45, 2.75) is 51.5 Å². The summed E-state index contributed by atoms with van der Waals surface area (Å²) in [6.07, 6.45) is 1.05. The van der Waals surface area contributed by atoms with E-state index in [4.69, 9.17) is 0 Å².